The molecule has 0 unspecified atom stereocenters. The van der Waals surface area contributed by atoms with Gasteiger partial charge in [0, 0.05) is 52.7 Å². The maximum absolute atomic E-state index is 2.46. The predicted octanol–water partition coefficient (Wildman–Crippen LogP) is 7.54. The number of hydrogen-bond acceptors (Lipinski definition) is 1. The van der Waals surface area contributed by atoms with Gasteiger partial charge in [-0.05, 0) is 60.4 Å². The third-order valence-corrected chi connectivity index (χ3v) is 6.78. The summed E-state index contributed by atoms with van der Waals surface area (Å²) in [6.45, 7) is 6.41. The van der Waals surface area contributed by atoms with Crippen LogP contribution in [0.4, 0.5) is 11.4 Å². The van der Waals surface area contributed by atoms with Crippen molar-refractivity contribution >= 4 is 33.2 Å². The van der Waals surface area contributed by atoms with Crippen molar-refractivity contribution < 1.29 is 0 Å². The van der Waals surface area contributed by atoms with Crippen molar-refractivity contribution in [3.63, 3.8) is 0 Å². The molecule has 2 nitrogen and oxygen atoms in total. The van der Waals surface area contributed by atoms with Gasteiger partial charge in [0.25, 0.3) is 0 Å². The molecule has 2 heteroatoms. The van der Waals surface area contributed by atoms with Crippen LogP contribution >= 0.6 is 0 Å². The Balaban J connectivity index is 1.51. The highest BCUT2D eigenvalue weighted by Crippen LogP contribution is 2.41. The summed E-state index contributed by atoms with van der Waals surface area (Å²) in [6.07, 6.45) is 1.01. The molecule has 1 aliphatic heterocycles. The van der Waals surface area contributed by atoms with Crippen LogP contribution in [0.15, 0.2) is 84.9 Å². The lowest BCUT2D eigenvalue weighted by Gasteiger charge is -2.33. The average molecular weight is 403 g/mol. The Labute approximate surface area is 183 Å². The molecule has 6 rings (SSSR count). The topological polar surface area (TPSA) is 8.17 Å². The monoisotopic (exact) mass is 402 g/mol. The van der Waals surface area contributed by atoms with Gasteiger partial charge in [-0.25, -0.2) is 0 Å². The first-order valence-electron chi connectivity index (χ1n) is 11.3. The highest BCUT2D eigenvalue weighted by Gasteiger charge is 2.21. The SMILES string of the molecule is CCN1c2ccccc2Cc2ccc(-c3ccc4c5ccccc5n(CC)c4c3)cc21. The number of benzene rings is 4. The molecule has 31 heavy (non-hydrogen) atoms. The maximum Gasteiger partial charge on any atom is 0.0497 e. The molecule has 2 heterocycles. The predicted molar refractivity (Wildman–Crippen MR) is 132 cm³/mol. The number of para-hydroxylation sites is 2. The summed E-state index contributed by atoms with van der Waals surface area (Å²) in [4.78, 5) is 2.46. The molecule has 0 aliphatic carbocycles. The van der Waals surface area contributed by atoms with Crippen molar-refractivity contribution in [1.29, 1.82) is 0 Å². The molecule has 1 aromatic heterocycles. The van der Waals surface area contributed by atoms with Crippen molar-refractivity contribution in [1.82, 2.24) is 4.57 Å². The third-order valence-electron chi connectivity index (χ3n) is 6.78. The minimum Gasteiger partial charge on any atom is -0.341 e. The van der Waals surface area contributed by atoms with Gasteiger partial charge in [-0.1, -0.05) is 60.7 Å². The number of hydrogen-bond donors (Lipinski definition) is 0. The van der Waals surface area contributed by atoms with E-state index in [1.165, 1.54) is 55.4 Å². The quantitative estimate of drug-likeness (QED) is 0.302. The van der Waals surface area contributed by atoms with E-state index in [-0.39, 0.29) is 0 Å². The van der Waals surface area contributed by atoms with E-state index in [0.29, 0.717) is 0 Å². The first-order chi connectivity index (χ1) is 15.3. The fourth-order valence-electron chi connectivity index (χ4n) is 5.31. The van der Waals surface area contributed by atoms with Crippen LogP contribution in [-0.4, -0.2) is 11.1 Å². The van der Waals surface area contributed by atoms with Crippen LogP contribution < -0.4 is 4.90 Å². The Morgan fingerprint density at radius 1 is 0.613 bits per heavy atom. The molecule has 0 amide bonds. The van der Waals surface area contributed by atoms with Gasteiger partial charge < -0.3 is 9.47 Å². The van der Waals surface area contributed by atoms with E-state index in [9.17, 15) is 0 Å². The van der Waals surface area contributed by atoms with Crippen LogP contribution in [0.25, 0.3) is 32.9 Å². The van der Waals surface area contributed by atoms with Gasteiger partial charge >= 0.3 is 0 Å². The average Bonchev–Trinajstić information content (AvgIpc) is 3.15. The molecule has 0 spiro atoms. The van der Waals surface area contributed by atoms with Crippen LogP contribution in [0.5, 0.6) is 0 Å². The van der Waals surface area contributed by atoms with Crippen molar-refractivity contribution in [3.05, 3.63) is 96.1 Å². The van der Waals surface area contributed by atoms with Crippen LogP contribution in [0.3, 0.4) is 0 Å². The summed E-state index contributed by atoms with van der Waals surface area (Å²) in [5.74, 6) is 0. The number of nitrogens with zero attached hydrogens (tertiary/aromatic N) is 2. The van der Waals surface area contributed by atoms with Crippen molar-refractivity contribution in [2.75, 3.05) is 11.4 Å². The molecule has 0 saturated carbocycles. The first-order valence-corrected chi connectivity index (χ1v) is 11.3. The first kappa shape index (κ1) is 18.3. The van der Waals surface area contributed by atoms with Gasteiger partial charge in [0.1, 0.15) is 0 Å². The van der Waals surface area contributed by atoms with Crippen molar-refractivity contribution in [2.45, 2.75) is 26.8 Å². The summed E-state index contributed by atoms with van der Waals surface area (Å²) in [5.41, 5.74) is 10.7. The molecule has 5 aromatic rings. The molecule has 152 valence electrons. The molecular weight excluding hydrogens is 376 g/mol. The Morgan fingerprint density at radius 3 is 2.19 bits per heavy atom. The number of fused-ring (bicyclic) bond motifs is 5. The number of rotatable bonds is 3. The van der Waals surface area contributed by atoms with E-state index in [4.69, 9.17) is 0 Å². The minimum absolute atomic E-state index is 0.969. The summed E-state index contributed by atoms with van der Waals surface area (Å²) < 4.78 is 2.43. The fourth-order valence-corrected chi connectivity index (χ4v) is 5.31. The molecular formula is C29H26N2. The van der Waals surface area contributed by atoms with Crippen LogP contribution in [-0.2, 0) is 13.0 Å². The molecule has 0 saturated heterocycles. The van der Waals surface area contributed by atoms with Gasteiger partial charge in [0.2, 0.25) is 0 Å². The largest absolute Gasteiger partial charge is 0.341 e. The molecule has 1 aliphatic rings. The zero-order valence-corrected chi connectivity index (χ0v) is 18.1. The minimum atomic E-state index is 0.969. The molecule has 0 bridgehead atoms. The smallest absolute Gasteiger partial charge is 0.0497 e. The summed E-state index contributed by atoms with van der Waals surface area (Å²) in [5, 5.41) is 2.67. The van der Waals surface area contributed by atoms with E-state index in [1.807, 2.05) is 0 Å². The summed E-state index contributed by atoms with van der Waals surface area (Å²) >= 11 is 0. The zero-order chi connectivity index (χ0) is 20.9. The highest BCUT2D eigenvalue weighted by molar-refractivity contribution is 6.09. The summed E-state index contributed by atoms with van der Waals surface area (Å²) in [6, 6.07) is 31.5. The second-order valence-electron chi connectivity index (χ2n) is 8.39. The van der Waals surface area contributed by atoms with Gasteiger partial charge in [0.15, 0.2) is 0 Å². The highest BCUT2D eigenvalue weighted by atomic mass is 15.1. The van der Waals surface area contributed by atoms with Gasteiger partial charge in [-0.15, -0.1) is 0 Å². The van der Waals surface area contributed by atoms with Crippen LogP contribution in [0.1, 0.15) is 25.0 Å². The zero-order valence-electron chi connectivity index (χ0n) is 18.1. The number of anilines is 2. The second kappa shape index (κ2) is 7.02. The van der Waals surface area contributed by atoms with Crippen molar-refractivity contribution in [3.8, 4) is 11.1 Å². The number of aromatic nitrogens is 1. The molecule has 0 N–H and O–H groups in total. The molecule has 0 radical (unpaired) electrons. The van der Waals surface area contributed by atoms with Crippen molar-refractivity contribution in [2.24, 2.45) is 0 Å². The second-order valence-corrected chi connectivity index (χ2v) is 8.39. The molecule has 0 atom stereocenters. The Hall–Kier alpha value is -3.52. The third kappa shape index (κ3) is 2.71. The van der Waals surface area contributed by atoms with Crippen LogP contribution in [0, 0.1) is 0 Å². The Bertz CT molecular complexity index is 1440. The van der Waals surface area contributed by atoms with E-state index in [1.54, 1.807) is 0 Å². The fraction of sp³-hybridized carbons (Fsp3) is 0.172. The van der Waals surface area contributed by atoms with Gasteiger partial charge in [0.05, 0.1) is 0 Å². The Morgan fingerprint density at radius 2 is 1.32 bits per heavy atom. The van der Waals surface area contributed by atoms with Crippen LogP contribution in [0.2, 0.25) is 0 Å². The van der Waals surface area contributed by atoms with Gasteiger partial charge in [-0.3, -0.25) is 0 Å². The van der Waals surface area contributed by atoms with E-state index in [0.717, 1.165) is 19.5 Å². The maximum atomic E-state index is 2.46. The van der Waals surface area contributed by atoms with E-state index >= 15 is 0 Å². The number of aryl methyl sites for hydroxylation is 1. The van der Waals surface area contributed by atoms with E-state index in [2.05, 4.69) is 108 Å². The molecule has 4 aromatic carbocycles. The Kier molecular flexibility index (Phi) is 4.14. The molecule has 0 fully saturated rings. The van der Waals surface area contributed by atoms with Gasteiger partial charge in [-0.2, -0.15) is 0 Å². The lowest BCUT2D eigenvalue weighted by Crippen LogP contribution is -2.22. The lowest BCUT2D eigenvalue weighted by atomic mass is 9.92. The lowest BCUT2D eigenvalue weighted by molar-refractivity contribution is 0.827. The summed E-state index contributed by atoms with van der Waals surface area (Å²) in [7, 11) is 0. The standard InChI is InChI=1S/C29H26N2/c1-3-30-26-11-7-5-9-22(26)17-23-14-13-20(18-28(23)30)21-15-16-25-24-10-6-8-12-27(24)31(4-2)29(25)19-21/h5-16,18-19H,3-4,17H2,1-2H3. The van der Waals surface area contributed by atoms with E-state index < -0.39 is 0 Å². The normalized spacial score (nSPS) is 12.9.